The van der Waals surface area contributed by atoms with Gasteiger partial charge in [-0.05, 0) is 18.6 Å². The summed E-state index contributed by atoms with van der Waals surface area (Å²) in [5.41, 5.74) is 0.953. The van der Waals surface area contributed by atoms with Crippen molar-refractivity contribution >= 4 is 23.3 Å². The molecule has 0 aromatic carbocycles. The van der Waals surface area contributed by atoms with Crippen LogP contribution in [0.5, 0.6) is 0 Å². The molecule has 0 saturated heterocycles. The van der Waals surface area contributed by atoms with Gasteiger partial charge in [-0.2, -0.15) is 0 Å². The zero-order valence-electron chi connectivity index (χ0n) is 8.58. The van der Waals surface area contributed by atoms with E-state index in [2.05, 4.69) is 5.32 Å². The molecule has 80 valence electrons. The average molecular weight is 223 g/mol. The highest BCUT2D eigenvalue weighted by molar-refractivity contribution is 8.04. The summed E-state index contributed by atoms with van der Waals surface area (Å²) >= 11 is 1.49. The molecule has 1 aliphatic heterocycles. The smallest absolute Gasteiger partial charge is 0.165 e. The van der Waals surface area contributed by atoms with E-state index < -0.39 is 0 Å². The molecule has 0 bridgehead atoms. The molecule has 0 aromatic rings. The van der Waals surface area contributed by atoms with E-state index in [1.165, 1.54) is 11.8 Å². The van der Waals surface area contributed by atoms with E-state index >= 15 is 0 Å². The topological polar surface area (TPSA) is 46.2 Å². The summed E-state index contributed by atoms with van der Waals surface area (Å²) in [5.74, 6) is 0.337. The molecular weight excluding hydrogens is 210 g/mol. The van der Waals surface area contributed by atoms with Crippen LogP contribution in [0.15, 0.2) is 22.8 Å². The van der Waals surface area contributed by atoms with Gasteiger partial charge in [-0.25, -0.2) is 0 Å². The highest BCUT2D eigenvalue weighted by atomic mass is 32.2. The SMILES string of the molecule is CCCC(=O)C1NC2=C(CC(=O)C=C2)S1. The average Bonchev–Trinajstić information content (AvgIpc) is 2.60. The fraction of sp³-hybridized carbons (Fsp3) is 0.455. The predicted molar refractivity (Wildman–Crippen MR) is 60.2 cm³/mol. The molecule has 0 saturated carbocycles. The number of allylic oxidation sites excluding steroid dienone is 3. The molecule has 1 N–H and O–H groups in total. The fourth-order valence-corrected chi connectivity index (χ4v) is 2.85. The summed E-state index contributed by atoms with van der Waals surface area (Å²) in [6.45, 7) is 1.99. The maximum Gasteiger partial charge on any atom is 0.165 e. The van der Waals surface area contributed by atoms with Gasteiger partial charge in [0.05, 0.1) is 0 Å². The quantitative estimate of drug-likeness (QED) is 0.792. The van der Waals surface area contributed by atoms with Crippen molar-refractivity contribution in [3.05, 3.63) is 22.8 Å². The second-order valence-corrected chi connectivity index (χ2v) is 4.87. The number of thioether (sulfide) groups is 1. The first-order chi connectivity index (χ1) is 7.20. The van der Waals surface area contributed by atoms with Crippen molar-refractivity contribution in [1.29, 1.82) is 0 Å². The Morgan fingerprint density at radius 3 is 3.13 bits per heavy atom. The zero-order valence-corrected chi connectivity index (χ0v) is 9.39. The molecule has 1 aliphatic carbocycles. The minimum absolute atomic E-state index is 0.117. The van der Waals surface area contributed by atoms with Crippen LogP contribution in [-0.2, 0) is 9.59 Å². The van der Waals surface area contributed by atoms with Gasteiger partial charge >= 0.3 is 0 Å². The molecule has 3 nitrogen and oxygen atoms in total. The Morgan fingerprint density at radius 2 is 2.40 bits per heavy atom. The van der Waals surface area contributed by atoms with Crippen LogP contribution in [0.2, 0.25) is 0 Å². The lowest BCUT2D eigenvalue weighted by atomic mass is 10.1. The molecule has 1 atom stereocenters. The van der Waals surface area contributed by atoms with Crippen molar-refractivity contribution in [2.24, 2.45) is 0 Å². The summed E-state index contributed by atoms with van der Waals surface area (Å²) < 4.78 is 0. The van der Waals surface area contributed by atoms with Crippen LogP contribution in [0.4, 0.5) is 0 Å². The molecule has 1 heterocycles. The monoisotopic (exact) mass is 223 g/mol. The molecule has 2 aliphatic rings. The van der Waals surface area contributed by atoms with E-state index in [0.717, 1.165) is 17.0 Å². The van der Waals surface area contributed by atoms with Crippen molar-refractivity contribution in [1.82, 2.24) is 5.32 Å². The van der Waals surface area contributed by atoms with Crippen molar-refractivity contribution < 1.29 is 9.59 Å². The summed E-state index contributed by atoms with van der Waals surface area (Å²) in [7, 11) is 0. The van der Waals surface area contributed by atoms with Gasteiger partial charge in [0.25, 0.3) is 0 Å². The lowest BCUT2D eigenvalue weighted by Crippen LogP contribution is -2.28. The number of hydrogen-bond donors (Lipinski definition) is 1. The van der Waals surface area contributed by atoms with Crippen LogP contribution < -0.4 is 5.32 Å². The Morgan fingerprint density at radius 1 is 1.60 bits per heavy atom. The van der Waals surface area contributed by atoms with Crippen LogP contribution in [0.25, 0.3) is 0 Å². The van der Waals surface area contributed by atoms with Gasteiger partial charge in [0, 0.05) is 23.4 Å². The molecule has 0 spiro atoms. The first-order valence-corrected chi connectivity index (χ1v) is 5.98. The lowest BCUT2D eigenvalue weighted by molar-refractivity contribution is -0.119. The number of Topliss-reactive ketones (excluding diaryl/α,β-unsaturated/α-hetero) is 1. The Kier molecular flexibility index (Phi) is 2.95. The van der Waals surface area contributed by atoms with E-state index in [1.807, 2.05) is 6.92 Å². The normalized spacial score (nSPS) is 24.1. The van der Waals surface area contributed by atoms with E-state index in [4.69, 9.17) is 0 Å². The summed E-state index contributed by atoms with van der Waals surface area (Å²) in [4.78, 5) is 23.8. The molecule has 0 fully saturated rings. The molecule has 2 rings (SSSR count). The lowest BCUT2D eigenvalue weighted by Gasteiger charge is -2.08. The standard InChI is InChI=1S/C11H13NO2S/c1-2-3-9(14)11-12-8-5-4-7(13)6-10(8)15-11/h4-5,11-12H,2-3,6H2,1H3. The molecular formula is C11H13NO2S. The molecule has 0 amide bonds. The van der Waals surface area contributed by atoms with Crippen LogP contribution in [0.3, 0.4) is 0 Å². The van der Waals surface area contributed by atoms with Crippen molar-refractivity contribution in [2.75, 3.05) is 0 Å². The number of hydrogen-bond acceptors (Lipinski definition) is 4. The highest BCUT2D eigenvalue weighted by Gasteiger charge is 2.30. The fourth-order valence-electron chi connectivity index (χ4n) is 1.65. The van der Waals surface area contributed by atoms with Gasteiger partial charge in [0.2, 0.25) is 0 Å². The molecule has 0 aromatic heterocycles. The molecule has 4 heteroatoms. The van der Waals surface area contributed by atoms with E-state index in [9.17, 15) is 9.59 Å². The van der Waals surface area contributed by atoms with Crippen LogP contribution in [0, 0.1) is 0 Å². The van der Waals surface area contributed by atoms with E-state index in [1.54, 1.807) is 12.2 Å². The van der Waals surface area contributed by atoms with Gasteiger partial charge in [-0.3, -0.25) is 9.59 Å². The number of ketones is 2. The van der Waals surface area contributed by atoms with Crippen molar-refractivity contribution in [3.8, 4) is 0 Å². The largest absolute Gasteiger partial charge is 0.366 e. The number of carbonyl (C=O) groups excluding carboxylic acids is 2. The molecule has 1 unspecified atom stereocenters. The molecule has 15 heavy (non-hydrogen) atoms. The number of carbonyl (C=O) groups is 2. The maximum absolute atomic E-state index is 11.7. The van der Waals surface area contributed by atoms with E-state index in [-0.39, 0.29) is 16.9 Å². The Labute approximate surface area is 93.0 Å². The van der Waals surface area contributed by atoms with E-state index in [0.29, 0.717) is 12.8 Å². The van der Waals surface area contributed by atoms with Crippen molar-refractivity contribution in [2.45, 2.75) is 31.6 Å². The first-order valence-electron chi connectivity index (χ1n) is 5.10. The van der Waals surface area contributed by atoms with Gasteiger partial charge < -0.3 is 5.32 Å². The van der Waals surface area contributed by atoms with Crippen LogP contribution in [-0.4, -0.2) is 16.9 Å². The minimum atomic E-state index is -0.175. The van der Waals surface area contributed by atoms with Gasteiger partial charge in [0.15, 0.2) is 11.6 Å². The summed E-state index contributed by atoms with van der Waals surface area (Å²) in [6.07, 6.45) is 5.26. The first kappa shape index (κ1) is 10.5. The summed E-state index contributed by atoms with van der Waals surface area (Å²) in [5, 5.41) is 2.98. The number of rotatable bonds is 3. The van der Waals surface area contributed by atoms with Crippen LogP contribution in [0.1, 0.15) is 26.2 Å². The maximum atomic E-state index is 11.7. The van der Waals surface area contributed by atoms with Crippen molar-refractivity contribution in [3.63, 3.8) is 0 Å². The Bertz CT molecular complexity index is 371. The third-order valence-corrected chi connectivity index (χ3v) is 3.67. The second-order valence-electron chi connectivity index (χ2n) is 3.67. The second kappa shape index (κ2) is 4.23. The van der Waals surface area contributed by atoms with Crippen LogP contribution >= 0.6 is 11.8 Å². The third-order valence-electron chi connectivity index (χ3n) is 2.41. The van der Waals surface area contributed by atoms with Gasteiger partial charge in [-0.1, -0.05) is 18.7 Å². The number of nitrogens with one attached hydrogen (secondary N) is 1. The van der Waals surface area contributed by atoms with Gasteiger partial charge in [-0.15, -0.1) is 0 Å². The summed E-state index contributed by atoms with van der Waals surface area (Å²) in [6, 6.07) is 0. The minimum Gasteiger partial charge on any atom is -0.366 e. The highest BCUT2D eigenvalue weighted by Crippen LogP contribution is 2.36. The zero-order chi connectivity index (χ0) is 10.8. The van der Waals surface area contributed by atoms with Gasteiger partial charge in [0.1, 0.15) is 5.37 Å². The Balaban J connectivity index is 2.02. The Hall–Kier alpha value is -1.03. The third kappa shape index (κ3) is 2.15. The molecule has 0 radical (unpaired) electrons. The predicted octanol–water partition coefficient (Wildman–Crippen LogP) is 1.76.